The number of rotatable bonds is 9. The van der Waals surface area contributed by atoms with E-state index in [1.165, 1.54) is 0 Å². The second-order valence-electron chi connectivity index (χ2n) is 12.3. The van der Waals surface area contributed by atoms with Crippen molar-refractivity contribution in [2.45, 2.75) is 128 Å². The summed E-state index contributed by atoms with van der Waals surface area (Å²) in [4.78, 5) is 27.4. The van der Waals surface area contributed by atoms with Crippen LogP contribution in [0.15, 0.2) is 18.4 Å². The molecular weight excluding hydrogens is 460 g/mol. The lowest BCUT2D eigenvalue weighted by molar-refractivity contribution is -0.159. The van der Waals surface area contributed by atoms with E-state index in [0.717, 1.165) is 18.1 Å². The van der Waals surface area contributed by atoms with E-state index in [-0.39, 0.29) is 35.0 Å². The summed E-state index contributed by atoms with van der Waals surface area (Å²) in [6, 6.07) is 2.74. The Bertz CT molecular complexity index is 809. The van der Waals surface area contributed by atoms with Crippen molar-refractivity contribution in [2.75, 3.05) is 0 Å². The Labute approximate surface area is 210 Å². The second kappa shape index (κ2) is 10.2. The molecule has 0 radical (unpaired) electrons. The van der Waals surface area contributed by atoms with Crippen LogP contribution in [0, 0.1) is 11.8 Å². The fourth-order valence-electron chi connectivity index (χ4n) is 5.49. The summed E-state index contributed by atoms with van der Waals surface area (Å²) in [7, 11) is -4.34. The topological polar surface area (TPSA) is 61.8 Å². The molecule has 0 aromatic heterocycles. The summed E-state index contributed by atoms with van der Waals surface area (Å²) in [5.74, 6) is -0.846. The monoisotopic (exact) mass is 508 g/mol. The lowest BCUT2D eigenvalue weighted by atomic mass is 9.76. The van der Waals surface area contributed by atoms with Crippen LogP contribution in [0.25, 0.3) is 0 Å². The molecule has 0 N–H and O–H groups in total. The summed E-state index contributed by atoms with van der Waals surface area (Å²) >= 11 is 0. The number of esters is 1. The maximum atomic E-state index is 13.9. The lowest BCUT2D eigenvalue weighted by Gasteiger charge is -2.41. The average Bonchev–Trinajstić information content (AvgIpc) is 2.82. The third-order valence-electron chi connectivity index (χ3n) is 8.97. The van der Waals surface area contributed by atoms with Crippen LogP contribution in [-0.4, -0.2) is 45.7 Å². The molecule has 2 rings (SSSR count). The molecule has 0 spiro atoms. The zero-order chi connectivity index (χ0) is 26.2. The second-order valence-corrected chi connectivity index (χ2v) is 21.8. The number of ketones is 1. The third kappa shape index (κ3) is 5.39. The van der Waals surface area contributed by atoms with Crippen LogP contribution in [0.3, 0.4) is 0 Å². The number of hydrogen-bond donors (Lipinski definition) is 0. The van der Waals surface area contributed by atoms with Crippen molar-refractivity contribution >= 4 is 28.4 Å². The number of fused-ring (bicyclic) bond motifs is 1. The molecule has 2 aliphatic rings. The molecule has 1 saturated carbocycles. The first-order chi connectivity index (χ1) is 15.5. The molecule has 5 nitrogen and oxygen atoms in total. The highest BCUT2D eigenvalue weighted by Crippen LogP contribution is 2.52. The number of hydrogen-bond acceptors (Lipinski definition) is 5. The van der Waals surface area contributed by atoms with Crippen molar-refractivity contribution < 1.29 is 23.2 Å². The smallest absolute Gasteiger partial charge is 0.338 e. The first-order valence-corrected chi connectivity index (χ1v) is 18.5. The van der Waals surface area contributed by atoms with E-state index in [4.69, 9.17) is 13.6 Å². The van der Waals surface area contributed by atoms with Crippen LogP contribution >= 0.6 is 0 Å². The van der Waals surface area contributed by atoms with Gasteiger partial charge in [0.25, 0.3) is 0 Å². The van der Waals surface area contributed by atoms with Crippen LogP contribution in [-0.2, 0) is 23.2 Å². The SMILES string of the molecule is C=C=CC(O[Si](C)(C)C(C)(C)C)C1CCC2C(C)(C)OC(=O)C2(O[Si](CC)(CC)CC)CC1=O. The molecule has 2 fully saturated rings. The Morgan fingerprint density at radius 2 is 1.71 bits per heavy atom. The first kappa shape index (κ1) is 29.2. The molecule has 1 aliphatic heterocycles. The van der Waals surface area contributed by atoms with Gasteiger partial charge in [-0.15, -0.1) is 5.73 Å². The summed E-state index contributed by atoms with van der Waals surface area (Å²) in [6.45, 7) is 25.1. The van der Waals surface area contributed by atoms with Gasteiger partial charge in [-0.05, 0) is 69.0 Å². The van der Waals surface area contributed by atoms with Gasteiger partial charge in [0.15, 0.2) is 22.2 Å². The average molecular weight is 509 g/mol. The summed E-state index contributed by atoms with van der Waals surface area (Å²) < 4.78 is 19.6. The minimum Gasteiger partial charge on any atom is -0.457 e. The first-order valence-electron chi connectivity index (χ1n) is 13.0. The van der Waals surface area contributed by atoms with E-state index < -0.39 is 33.9 Å². The van der Waals surface area contributed by atoms with Gasteiger partial charge in [0.1, 0.15) is 11.4 Å². The fraction of sp³-hybridized carbons (Fsp3) is 0.815. The molecule has 0 aromatic carbocycles. The Morgan fingerprint density at radius 1 is 1.15 bits per heavy atom. The maximum Gasteiger partial charge on any atom is 0.338 e. The molecule has 0 aromatic rings. The van der Waals surface area contributed by atoms with Gasteiger partial charge < -0.3 is 13.6 Å². The Kier molecular flexibility index (Phi) is 8.75. The van der Waals surface area contributed by atoms with E-state index >= 15 is 0 Å². The summed E-state index contributed by atoms with van der Waals surface area (Å²) in [5.41, 5.74) is 1.02. The Hall–Kier alpha value is -0.986. The summed E-state index contributed by atoms with van der Waals surface area (Å²) in [5, 5.41) is 0.00918. The zero-order valence-electron chi connectivity index (χ0n) is 23.3. The fourth-order valence-corrected chi connectivity index (χ4v) is 9.76. The van der Waals surface area contributed by atoms with Crippen LogP contribution in [0.5, 0.6) is 0 Å². The van der Waals surface area contributed by atoms with Crippen molar-refractivity contribution in [1.29, 1.82) is 0 Å². The molecule has 1 aliphatic carbocycles. The molecule has 7 heteroatoms. The molecule has 0 amide bonds. The van der Waals surface area contributed by atoms with Gasteiger partial charge in [0, 0.05) is 18.3 Å². The van der Waals surface area contributed by atoms with E-state index in [2.05, 4.69) is 66.9 Å². The molecule has 1 heterocycles. The minimum absolute atomic E-state index is 0.00918. The Morgan fingerprint density at radius 3 is 2.18 bits per heavy atom. The molecule has 194 valence electrons. The molecule has 0 bridgehead atoms. The Balaban J connectivity index is 2.52. The molecule has 1 saturated heterocycles. The van der Waals surface area contributed by atoms with E-state index in [9.17, 15) is 9.59 Å². The van der Waals surface area contributed by atoms with Gasteiger partial charge in [-0.2, -0.15) is 0 Å². The van der Waals surface area contributed by atoms with E-state index in [0.29, 0.717) is 12.8 Å². The largest absolute Gasteiger partial charge is 0.457 e. The minimum atomic E-state index is -2.19. The number of carbonyl (C=O) groups excluding carboxylic acids is 2. The van der Waals surface area contributed by atoms with Gasteiger partial charge in [-0.1, -0.05) is 48.1 Å². The third-order valence-corrected chi connectivity index (χ3v) is 18.1. The zero-order valence-corrected chi connectivity index (χ0v) is 25.3. The van der Waals surface area contributed by atoms with Crippen molar-refractivity contribution in [2.24, 2.45) is 11.8 Å². The predicted octanol–water partition coefficient (Wildman–Crippen LogP) is 6.80. The molecule has 4 atom stereocenters. The van der Waals surface area contributed by atoms with Gasteiger partial charge in [0.05, 0.1) is 6.10 Å². The van der Waals surface area contributed by atoms with Gasteiger partial charge >= 0.3 is 5.97 Å². The normalized spacial score (nSPS) is 28.5. The number of carbonyl (C=O) groups is 2. The van der Waals surface area contributed by atoms with Gasteiger partial charge in [-0.3, -0.25) is 4.79 Å². The van der Waals surface area contributed by atoms with E-state index in [1.807, 2.05) is 19.9 Å². The van der Waals surface area contributed by atoms with Crippen LogP contribution < -0.4 is 0 Å². The van der Waals surface area contributed by atoms with Crippen molar-refractivity contribution in [3.05, 3.63) is 18.4 Å². The number of Topliss-reactive ketones (excluding diaryl/α,β-unsaturated/α-hetero) is 1. The quantitative estimate of drug-likeness (QED) is 0.195. The molecule has 34 heavy (non-hydrogen) atoms. The van der Waals surface area contributed by atoms with Crippen molar-refractivity contribution in [1.82, 2.24) is 0 Å². The highest BCUT2D eigenvalue weighted by atomic mass is 28.4. The standard InChI is InChI=1S/C27H48O5Si2/c1-12-16-22(31-33(10,11)25(5,6)7)20-17-18-23-26(8,9)30-24(29)27(23,19-21(20)28)32-34(13-2,14-3)15-4/h16,20,22-23H,1,13-15,17-19H2,2-11H3. The maximum absolute atomic E-state index is 13.9. The highest BCUT2D eigenvalue weighted by molar-refractivity contribution is 6.74. The van der Waals surface area contributed by atoms with Crippen molar-refractivity contribution in [3.8, 4) is 0 Å². The highest BCUT2D eigenvalue weighted by Gasteiger charge is 2.66. The van der Waals surface area contributed by atoms with Gasteiger partial charge in [0.2, 0.25) is 0 Å². The number of ether oxygens (including phenoxy) is 1. The lowest BCUT2D eigenvalue weighted by Crippen LogP contribution is -2.55. The van der Waals surface area contributed by atoms with Crippen LogP contribution in [0.4, 0.5) is 0 Å². The number of cyclic esters (lactones) is 1. The predicted molar refractivity (Wildman–Crippen MR) is 143 cm³/mol. The summed E-state index contributed by atoms with van der Waals surface area (Å²) in [6.07, 6.45) is 2.78. The van der Waals surface area contributed by atoms with Crippen LogP contribution in [0.1, 0.15) is 74.7 Å². The molecular formula is C27H48O5Si2. The molecule has 4 unspecified atom stereocenters. The van der Waals surface area contributed by atoms with Crippen LogP contribution in [0.2, 0.25) is 36.3 Å². The van der Waals surface area contributed by atoms with E-state index in [1.54, 1.807) is 0 Å². The van der Waals surface area contributed by atoms with Gasteiger partial charge in [-0.25, -0.2) is 4.79 Å². The van der Waals surface area contributed by atoms with Crippen molar-refractivity contribution in [3.63, 3.8) is 0 Å².